The van der Waals surface area contributed by atoms with Gasteiger partial charge in [0.15, 0.2) is 0 Å². The van der Waals surface area contributed by atoms with Crippen LogP contribution in [-0.2, 0) is 0 Å². The fraction of sp³-hybridized carbons (Fsp3) is 0. The summed E-state index contributed by atoms with van der Waals surface area (Å²) >= 11 is 5.34. The third-order valence-electron chi connectivity index (χ3n) is 0.467. The molecule has 0 saturated heterocycles. The molecule has 7 heavy (non-hydrogen) atoms. The molecule has 2 nitrogen and oxygen atoms in total. The number of rotatable bonds is 0. The maximum atomic E-state index is 5.34. The summed E-state index contributed by atoms with van der Waals surface area (Å²) in [5, 5.41) is 6.66. The molecule has 0 unspecified atom stereocenters. The van der Waals surface area contributed by atoms with Crippen molar-refractivity contribution in [2.24, 2.45) is 0 Å². The fourth-order valence-electron chi connectivity index (χ4n) is 0.239. The summed E-state index contributed by atoms with van der Waals surface area (Å²) in [5.74, 6) is 0. The molecule has 1 aromatic heterocycles. The van der Waals surface area contributed by atoms with E-state index in [4.69, 9.17) is 11.6 Å². The summed E-state index contributed by atoms with van der Waals surface area (Å²) < 4.78 is 0. The zero-order valence-electron chi connectivity index (χ0n) is 5.69. The Morgan fingerprint density at radius 3 is 2.71 bits per heavy atom. The van der Waals surface area contributed by atoms with Crippen molar-refractivity contribution in [2.75, 3.05) is 0 Å². The van der Waals surface area contributed by atoms with Gasteiger partial charge in [-0.1, -0.05) is 11.6 Å². The molecule has 0 aromatic carbocycles. The van der Waals surface area contributed by atoms with Crippen molar-refractivity contribution in [2.45, 2.75) is 0 Å². The van der Waals surface area contributed by atoms with Crippen molar-refractivity contribution >= 4 is 34.7 Å². The molecule has 1 aromatic rings. The minimum absolute atomic E-state index is 0. The summed E-state index contributed by atoms with van der Waals surface area (Å²) in [4.78, 5) is 0. The van der Waals surface area contributed by atoms with E-state index in [0.29, 0.717) is 5.15 Å². The van der Waals surface area contributed by atoms with Crippen molar-refractivity contribution in [3.63, 3.8) is 0 Å². The zero-order chi connectivity index (χ0) is 4.41. The fourth-order valence-corrected chi connectivity index (χ4v) is 0.344. The quantitative estimate of drug-likeness (QED) is 0.518. The van der Waals surface area contributed by atoms with Gasteiger partial charge in [0.2, 0.25) is 0 Å². The Bertz CT molecular complexity index is 123. The van der Waals surface area contributed by atoms with Gasteiger partial charge in [0.25, 0.3) is 0 Å². The maximum absolute atomic E-state index is 5.34. The van der Waals surface area contributed by atoms with Gasteiger partial charge in [0, 0.05) is 0 Å². The van der Waals surface area contributed by atoms with Gasteiger partial charge in [0.05, 0.1) is 6.20 Å². The van der Waals surface area contributed by atoms with Crippen LogP contribution in [0.25, 0.3) is 0 Å². The van der Waals surface area contributed by atoms with Crippen LogP contribution >= 0.6 is 11.6 Å². The van der Waals surface area contributed by atoms with E-state index in [1.54, 1.807) is 12.3 Å². The van der Waals surface area contributed by atoms with Crippen LogP contribution in [0.4, 0.5) is 0 Å². The third-order valence-corrected chi connectivity index (χ3v) is 0.677. The van der Waals surface area contributed by atoms with E-state index in [1.165, 1.54) is 0 Å². The summed E-state index contributed by atoms with van der Waals surface area (Å²) in [6, 6.07) is 1.68. The van der Waals surface area contributed by atoms with E-state index in [9.17, 15) is 0 Å². The van der Waals surface area contributed by atoms with Crippen LogP contribution in [-0.4, -0.2) is 33.3 Å². The third kappa shape index (κ3) is 2.16. The first kappa shape index (κ1) is 7.27. The van der Waals surface area contributed by atoms with Crippen LogP contribution in [0.3, 0.4) is 0 Å². The van der Waals surface area contributed by atoms with Crippen molar-refractivity contribution in [3.8, 4) is 0 Å². The van der Waals surface area contributed by atoms with E-state index in [2.05, 4.69) is 10.2 Å². The molecule has 0 aliphatic carbocycles. The molecule has 1 heterocycles. The molecule has 0 spiro atoms. The average molecular weight is 129 g/mol. The normalized spacial score (nSPS) is 7.57. The van der Waals surface area contributed by atoms with Crippen LogP contribution in [0.5, 0.6) is 0 Å². The largest absolute Gasteiger partial charge is 2.00 e. The maximum Gasteiger partial charge on any atom is 2.00 e. The van der Waals surface area contributed by atoms with Gasteiger partial charge < -0.3 is 2.85 Å². The smallest absolute Gasteiger partial charge is 1.00 e. The SMILES string of the molecule is Clc1ccn[nH]1.[H-].[H-].[Mg+2]. The van der Waals surface area contributed by atoms with Crippen molar-refractivity contribution in [1.82, 2.24) is 10.2 Å². The summed E-state index contributed by atoms with van der Waals surface area (Å²) in [7, 11) is 0. The van der Waals surface area contributed by atoms with Gasteiger partial charge in [-0.15, -0.1) is 0 Å². The molecule has 0 saturated carbocycles. The topological polar surface area (TPSA) is 28.7 Å². The molecule has 4 heteroatoms. The minimum atomic E-state index is 0. The van der Waals surface area contributed by atoms with Crippen molar-refractivity contribution < 1.29 is 2.85 Å². The molecule has 0 fully saturated rings. The van der Waals surface area contributed by atoms with Crippen LogP contribution in [0.2, 0.25) is 5.15 Å². The average Bonchev–Trinajstić information content (AvgIpc) is 1.86. The summed E-state index contributed by atoms with van der Waals surface area (Å²) in [5.41, 5.74) is 0. The Hall–Kier alpha value is 0.266. The molecule has 1 rings (SSSR count). The molecular formula is C3H5ClMgN2. The van der Waals surface area contributed by atoms with Gasteiger partial charge in [-0.25, -0.2) is 0 Å². The van der Waals surface area contributed by atoms with E-state index >= 15 is 0 Å². The van der Waals surface area contributed by atoms with E-state index in [-0.39, 0.29) is 25.9 Å². The van der Waals surface area contributed by atoms with Crippen LogP contribution in [0, 0.1) is 0 Å². The van der Waals surface area contributed by atoms with Gasteiger partial charge in [-0.2, -0.15) is 5.10 Å². The summed E-state index contributed by atoms with van der Waals surface area (Å²) in [6.07, 6.45) is 1.60. The number of nitrogens with zero attached hydrogens (tertiary/aromatic N) is 1. The van der Waals surface area contributed by atoms with Crippen LogP contribution in [0.15, 0.2) is 12.3 Å². The standard InChI is InChI=1S/C3H3ClN2.Mg.2H/c4-3-1-2-5-6-3;;;/h1-2H,(H,5,6);;;/q;+2;2*-1. The minimum Gasteiger partial charge on any atom is -1.00 e. The number of nitrogens with one attached hydrogen (secondary N) is 1. The number of H-pyrrole nitrogens is 1. The number of hydrogen-bond acceptors (Lipinski definition) is 1. The predicted molar refractivity (Wildman–Crippen MR) is 31.6 cm³/mol. The van der Waals surface area contributed by atoms with E-state index in [0.717, 1.165) is 0 Å². The first-order valence-electron chi connectivity index (χ1n) is 1.54. The Morgan fingerprint density at radius 2 is 2.57 bits per heavy atom. The number of aromatic amines is 1. The molecular weight excluding hydrogens is 124 g/mol. The number of halogens is 1. The number of hydrogen-bond donors (Lipinski definition) is 1. The van der Waals surface area contributed by atoms with Gasteiger partial charge in [-0.3, -0.25) is 5.10 Å². The molecule has 1 N–H and O–H groups in total. The van der Waals surface area contributed by atoms with Gasteiger partial charge in [-0.05, 0) is 6.07 Å². The molecule has 0 amide bonds. The molecule has 0 aliphatic rings. The molecule has 0 bridgehead atoms. The van der Waals surface area contributed by atoms with E-state index < -0.39 is 0 Å². The zero-order valence-corrected chi connectivity index (χ0v) is 5.86. The van der Waals surface area contributed by atoms with Gasteiger partial charge >= 0.3 is 23.1 Å². The second kappa shape index (κ2) is 3.29. The monoisotopic (exact) mass is 128 g/mol. The van der Waals surface area contributed by atoms with Crippen LogP contribution in [0.1, 0.15) is 2.85 Å². The van der Waals surface area contributed by atoms with Crippen LogP contribution < -0.4 is 0 Å². The number of aromatic nitrogens is 2. The Morgan fingerprint density at radius 1 is 1.86 bits per heavy atom. The second-order valence-corrected chi connectivity index (χ2v) is 1.31. The second-order valence-electron chi connectivity index (χ2n) is 0.905. The first-order valence-corrected chi connectivity index (χ1v) is 1.92. The van der Waals surface area contributed by atoms with E-state index in [1.807, 2.05) is 0 Å². The molecule has 0 radical (unpaired) electrons. The molecule has 36 valence electrons. The Kier molecular flexibility index (Phi) is 3.42. The first-order chi connectivity index (χ1) is 2.89. The molecule has 0 aliphatic heterocycles. The Labute approximate surface area is 65.4 Å². The summed E-state index contributed by atoms with van der Waals surface area (Å²) in [6.45, 7) is 0. The van der Waals surface area contributed by atoms with Gasteiger partial charge in [0.1, 0.15) is 5.15 Å². The van der Waals surface area contributed by atoms with Crippen molar-refractivity contribution in [3.05, 3.63) is 17.4 Å². The predicted octanol–water partition coefficient (Wildman–Crippen LogP) is 0.907. The molecule has 0 atom stereocenters. The van der Waals surface area contributed by atoms with Crippen molar-refractivity contribution in [1.29, 1.82) is 0 Å². The Balaban J connectivity index is -0.000000120.